The highest BCUT2D eigenvalue weighted by atomic mass is 19.1. The molecule has 1 atom stereocenters. The topological polar surface area (TPSA) is 52.6 Å². The fourth-order valence-electron chi connectivity index (χ4n) is 2.10. The summed E-state index contributed by atoms with van der Waals surface area (Å²) < 4.78 is 13.8. The summed E-state index contributed by atoms with van der Waals surface area (Å²) in [6.45, 7) is 0.160. The van der Waals surface area contributed by atoms with E-state index in [1.807, 2.05) is 6.07 Å². The lowest BCUT2D eigenvalue weighted by Crippen LogP contribution is -2.28. The molecule has 116 valence electrons. The number of hydrogen-bond acceptors (Lipinski definition) is 3. The molecule has 2 rings (SSSR count). The van der Waals surface area contributed by atoms with Gasteiger partial charge in [-0.2, -0.15) is 0 Å². The molecule has 2 aromatic carbocycles. The van der Waals surface area contributed by atoms with E-state index in [4.69, 9.17) is 0 Å². The molecular weight excluding hydrogens is 283 g/mol. The molecule has 5 heteroatoms. The molecule has 0 saturated heterocycles. The molecule has 0 radical (unpaired) electrons. The van der Waals surface area contributed by atoms with Gasteiger partial charge in [-0.3, -0.25) is 4.79 Å². The lowest BCUT2D eigenvalue weighted by Gasteiger charge is -2.15. The molecule has 0 fully saturated rings. The Bertz CT molecular complexity index is 644. The average Bonchev–Trinajstić information content (AvgIpc) is 2.52. The summed E-state index contributed by atoms with van der Waals surface area (Å²) in [4.78, 5) is 13.6. The molecule has 0 heterocycles. The first-order chi connectivity index (χ1) is 10.5. The zero-order chi connectivity index (χ0) is 16.1. The highest BCUT2D eigenvalue weighted by Gasteiger charge is 2.16. The number of benzene rings is 2. The number of carbonyl (C=O) groups excluding carboxylic acids is 1. The minimum atomic E-state index is -1.23. The molecule has 4 nitrogen and oxygen atoms in total. The van der Waals surface area contributed by atoms with Crippen molar-refractivity contribution in [2.24, 2.45) is 0 Å². The van der Waals surface area contributed by atoms with Gasteiger partial charge in [-0.1, -0.05) is 36.4 Å². The van der Waals surface area contributed by atoms with Gasteiger partial charge in [-0.05, 0) is 23.3 Å². The lowest BCUT2D eigenvalue weighted by molar-refractivity contribution is -0.129. The van der Waals surface area contributed by atoms with Crippen molar-refractivity contribution in [1.29, 1.82) is 0 Å². The molecule has 0 saturated carbocycles. The molecule has 0 aliphatic rings. The zero-order valence-electron chi connectivity index (χ0n) is 12.6. The van der Waals surface area contributed by atoms with E-state index in [1.165, 1.54) is 6.07 Å². The second kappa shape index (κ2) is 7.04. The van der Waals surface area contributed by atoms with Gasteiger partial charge in [0.2, 0.25) is 0 Å². The number of amides is 1. The third-order valence-corrected chi connectivity index (χ3v) is 3.32. The van der Waals surface area contributed by atoms with E-state index in [0.29, 0.717) is 16.8 Å². The summed E-state index contributed by atoms with van der Waals surface area (Å²) in [7, 11) is 3.52. The van der Waals surface area contributed by atoms with Crippen LogP contribution >= 0.6 is 0 Å². The maximum Gasteiger partial charge on any atom is 0.253 e. The maximum absolute atomic E-state index is 13.8. The van der Waals surface area contributed by atoms with Gasteiger partial charge in [0.05, 0.1) is 5.69 Å². The highest BCUT2D eigenvalue weighted by molar-refractivity contribution is 5.81. The van der Waals surface area contributed by atoms with Crippen LogP contribution in [0.3, 0.4) is 0 Å². The summed E-state index contributed by atoms with van der Waals surface area (Å²) in [5.41, 5.74) is 1.64. The number of aliphatic hydroxyl groups excluding tert-OH is 1. The number of nitrogens with one attached hydrogen (secondary N) is 1. The third kappa shape index (κ3) is 3.83. The molecule has 0 spiro atoms. The molecular formula is C17H19FN2O2. The fourth-order valence-corrected chi connectivity index (χ4v) is 2.10. The summed E-state index contributed by atoms with van der Waals surface area (Å²) in [5.74, 6) is -0.858. The molecule has 22 heavy (non-hydrogen) atoms. The molecule has 2 N–H and O–H groups in total. The van der Waals surface area contributed by atoms with E-state index in [-0.39, 0.29) is 12.4 Å². The molecule has 1 unspecified atom stereocenters. The first-order valence-electron chi connectivity index (χ1n) is 6.95. The second-order valence-corrected chi connectivity index (χ2v) is 5.21. The largest absolute Gasteiger partial charge is 0.378 e. The average molecular weight is 302 g/mol. The Kier molecular flexibility index (Phi) is 5.12. The number of anilines is 1. The third-order valence-electron chi connectivity index (χ3n) is 3.32. The van der Waals surface area contributed by atoms with Crippen LogP contribution in [-0.2, 0) is 11.3 Å². The van der Waals surface area contributed by atoms with Crippen molar-refractivity contribution < 1.29 is 14.3 Å². The Morgan fingerprint density at radius 1 is 1.23 bits per heavy atom. The van der Waals surface area contributed by atoms with Crippen LogP contribution < -0.4 is 10.2 Å². The van der Waals surface area contributed by atoms with Gasteiger partial charge in [0.1, 0.15) is 5.82 Å². The molecule has 0 aliphatic heterocycles. The van der Waals surface area contributed by atoms with Gasteiger partial charge < -0.3 is 15.3 Å². The van der Waals surface area contributed by atoms with Crippen molar-refractivity contribution in [2.75, 3.05) is 19.0 Å². The van der Waals surface area contributed by atoms with Crippen LogP contribution in [0.1, 0.15) is 17.2 Å². The van der Waals surface area contributed by atoms with E-state index in [2.05, 4.69) is 5.32 Å². The standard InChI is InChI=1S/C17H19FN2O2/c1-20(2)15-9-8-12(10-14(15)18)11-19-17(22)16(21)13-6-4-3-5-7-13/h3-10,16,21H,11H2,1-2H3,(H,19,22). The van der Waals surface area contributed by atoms with Gasteiger partial charge in [-0.25, -0.2) is 4.39 Å². The van der Waals surface area contributed by atoms with Gasteiger partial charge >= 0.3 is 0 Å². The van der Waals surface area contributed by atoms with E-state index >= 15 is 0 Å². The fraction of sp³-hybridized carbons (Fsp3) is 0.235. The molecule has 1 amide bonds. The first-order valence-corrected chi connectivity index (χ1v) is 6.95. The van der Waals surface area contributed by atoms with Gasteiger partial charge in [0.25, 0.3) is 5.91 Å². The number of aliphatic hydroxyl groups is 1. The minimum Gasteiger partial charge on any atom is -0.378 e. The van der Waals surface area contributed by atoms with Crippen LogP contribution in [0.2, 0.25) is 0 Å². The molecule has 0 aliphatic carbocycles. The van der Waals surface area contributed by atoms with Crippen molar-refractivity contribution >= 4 is 11.6 Å². The van der Waals surface area contributed by atoms with Gasteiger partial charge in [-0.15, -0.1) is 0 Å². The monoisotopic (exact) mass is 302 g/mol. The Balaban J connectivity index is 1.98. The normalized spacial score (nSPS) is 11.8. The lowest BCUT2D eigenvalue weighted by atomic mass is 10.1. The van der Waals surface area contributed by atoms with Crippen LogP contribution in [0.25, 0.3) is 0 Å². The zero-order valence-corrected chi connectivity index (χ0v) is 12.6. The van der Waals surface area contributed by atoms with Gasteiger partial charge in [0, 0.05) is 20.6 Å². The van der Waals surface area contributed by atoms with Gasteiger partial charge in [0.15, 0.2) is 6.10 Å². The Hall–Kier alpha value is -2.40. The smallest absolute Gasteiger partial charge is 0.253 e. The summed E-state index contributed by atoms with van der Waals surface area (Å²) in [5, 5.41) is 12.5. The van der Waals surface area contributed by atoms with E-state index < -0.39 is 12.0 Å². The first kappa shape index (κ1) is 16.0. The second-order valence-electron chi connectivity index (χ2n) is 5.21. The van der Waals surface area contributed by atoms with Crippen LogP contribution in [0.5, 0.6) is 0 Å². The Labute approximate surface area is 129 Å². The Morgan fingerprint density at radius 2 is 1.91 bits per heavy atom. The summed E-state index contributed by atoms with van der Waals surface area (Å²) in [6, 6.07) is 13.4. The number of carbonyl (C=O) groups is 1. The van der Waals surface area contributed by atoms with Crippen LogP contribution in [0, 0.1) is 5.82 Å². The number of nitrogens with zero attached hydrogens (tertiary/aromatic N) is 1. The minimum absolute atomic E-state index is 0.160. The Morgan fingerprint density at radius 3 is 2.50 bits per heavy atom. The predicted molar refractivity (Wildman–Crippen MR) is 84.0 cm³/mol. The van der Waals surface area contributed by atoms with E-state index in [1.54, 1.807) is 55.4 Å². The highest BCUT2D eigenvalue weighted by Crippen LogP contribution is 2.18. The quantitative estimate of drug-likeness (QED) is 0.890. The SMILES string of the molecule is CN(C)c1ccc(CNC(=O)C(O)c2ccccc2)cc1F. The predicted octanol–water partition coefficient (Wildman–Crippen LogP) is 2.24. The number of rotatable bonds is 5. The maximum atomic E-state index is 13.8. The summed E-state index contributed by atoms with van der Waals surface area (Å²) in [6.07, 6.45) is -1.23. The van der Waals surface area contributed by atoms with E-state index in [9.17, 15) is 14.3 Å². The number of hydrogen-bond donors (Lipinski definition) is 2. The van der Waals surface area contributed by atoms with E-state index in [0.717, 1.165) is 0 Å². The van der Waals surface area contributed by atoms with Crippen molar-refractivity contribution in [3.63, 3.8) is 0 Å². The van der Waals surface area contributed by atoms with Crippen molar-refractivity contribution in [2.45, 2.75) is 12.6 Å². The van der Waals surface area contributed by atoms with Crippen LogP contribution in [0.15, 0.2) is 48.5 Å². The molecule has 0 bridgehead atoms. The molecule has 2 aromatic rings. The number of halogens is 1. The van der Waals surface area contributed by atoms with Crippen molar-refractivity contribution in [1.82, 2.24) is 5.32 Å². The summed E-state index contributed by atoms with van der Waals surface area (Å²) >= 11 is 0. The molecule has 0 aromatic heterocycles. The van der Waals surface area contributed by atoms with Crippen LogP contribution in [0.4, 0.5) is 10.1 Å². The van der Waals surface area contributed by atoms with Crippen LogP contribution in [-0.4, -0.2) is 25.1 Å². The van der Waals surface area contributed by atoms with Crippen molar-refractivity contribution in [3.05, 3.63) is 65.5 Å². The van der Waals surface area contributed by atoms with Crippen molar-refractivity contribution in [3.8, 4) is 0 Å².